The van der Waals surface area contributed by atoms with Crippen molar-refractivity contribution in [2.75, 3.05) is 6.54 Å². The van der Waals surface area contributed by atoms with Crippen molar-refractivity contribution in [1.29, 1.82) is 5.26 Å². The van der Waals surface area contributed by atoms with Crippen LogP contribution in [0.2, 0.25) is 0 Å². The Bertz CT molecular complexity index is 417. The molecule has 0 aromatic heterocycles. The lowest BCUT2D eigenvalue weighted by molar-refractivity contribution is 0.489. The molecule has 1 aliphatic rings. The molecule has 1 fully saturated rings. The van der Waals surface area contributed by atoms with Gasteiger partial charge in [0.1, 0.15) is 11.9 Å². The average Bonchev–Trinajstić information content (AvgIpc) is 2.84. The Labute approximate surface area is 101 Å². The van der Waals surface area contributed by atoms with Gasteiger partial charge in [-0.15, -0.1) is 0 Å². The highest BCUT2D eigenvalue weighted by molar-refractivity contribution is 5.34. The van der Waals surface area contributed by atoms with Crippen molar-refractivity contribution < 1.29 is 4.39 Å². The summed E-state index contributed by atoms with van der Waals surface area (Å²) in [6, 6.07) is 6.59. The van der Waals surface area contributed by atoms with Gasteiger partial charge in [-0.3, -0.25) is 0 Å². The average molecular weight is 232 g/mol. The van der Waals surface area contributed by atoms with Crippen molar-refractivity contribution in [2.24, 2.45) is 5.92 Å². The molecule has 1 aromatic carbocycles. The number of nitriles is 1. The van der Waals surface area contributed by atoms with Gasteiger partial charge < -0.3 is 5.32 Å². The zero-order valence-electron chi connectivity index (χ0n) is 9.88. The van der Waals surface area contributed by atoms with Crippen LogP contribution < -0.4 is 5.32 Å². The highest BCUT2D eigenvalue weighted by Crippen LogP contribution is 2.23. The predicted molar refractivity (Wildman–Crippen MR) is 64.8 cm³/mol. The largest absolute Gasteiger partial charge is 0.312 e. The Kier molecular flexibility index (Phi) is 4.11. The molecule has 1 N–H and O–H groups in total. The molecular weight excluding hydrogens is 215 g/mol. The molecule has 0 unspecified atom stereocenters. The summed E-state index contributed by atoms with van der Waals surface area (Å²) in [6.07, 6.45) is 5.34. The van der Waals surface area contributed by atoms with Crippen LogP contribution in [-0.2, 0) is 6.54 Å². The molecule has 0 bridgehead atoms. The minimum absolute atomic E-state index is 0.130. The maximum Gasteiger partial charge on any atom is 0.140 e. The van der Waals surface area contributed by atoms with Gasteiger partial charge in [0.05, 0.1) is 5.56 Å². The lowest BCUT2D eigenvalue weighted by atomic mass is 10.1. The Hall–Kier alpha value is -1.40. The number of rotatable bonds is 4. The van der Waals surface area contributed by atoms with Gasteiger partial charge in [-0.25, -0.2) is 4.39 Å². The number of nitrogens with zero attached hydrogens (tertiary/aromatic N) is 1. The van der Waals surface area contributed by atoms with Crippen molar-refractivity contribution >= 4 is 0 Å². The molecule has 3 heteroatoms. The number of halogens is 1. The molecule has 1 aromatic rings. The van der Waals surface area contributed by atoms with E-state index in [2.05, 4.69) is 5.32 Å². The molecule has 0 amide bonds. The van der Waals surface area contributed by atoms with E-state index in [0.29, 0.717) is 6.54 Å². The molecule has 0 aliphatic heterocycles. The third-order valence-electron chi connectivity index (χ3n) is 3.39. The van der Waals surface area contributed by atoms with Crippen molar-refractivity contribution in [1.82, 2.24) is 5.32 Å². The van der Waals surface area contributed by atoms with E-state index in [1.807, 2.05) is 6.07 Å². The van der Waals surface area contributed by atoms with E-state index in [-0.39, 0.29) is 5.56 Å². The number of hydrogen-bond acceptors (Lipinski definition) is 2. The van der Waals surface area contributed by atoms with Crippen molar-refractivity contribution in [2.45, 2.75) is 32.2 Å². The summed E-state index contributed by atoms with van der Waals surface area (Å²) in [5.41, 5.74) is 1.10. The lowest BCUT2D eigenvalue weighted by Crippen LogP contribution is -2.20. The zero-order valence-corrected chi connectivity index (χ0v) is 9.88. The highest BCUT2D eigenvalue weighted by Gasteiger charge is 2.14. The summed E-state index contributed by atoms with van der Waals surface area (Å²) < 4.78 is 13.1. The van der Waals surface area contributed by atoms with E-state index >= 15 is 0 Å². The molecule has 2 rings (SSSR count). The maximum absolute atomic E-state index is 13.1. The first-order valence-electron chi connectivity index (χ1n) is 6.19. The van der Waals surface area contributed by atoms with Crippen LogP contribution >= 0.6 is 0 Å². The van der Waals surface area contributed by atoms with E-state index in [4.69, 9.17) is 5.26 Å². The molecule has 0 heterocycles. The van der Waals surface area contributed by atoms with Gasteiger partial charge in [-0.2, -0.15) is 5.26 Å². The van der Waals surface area contributed by atoms with Crippen LogP contribution in [0.1, 0.15) is 36.8 Å². The normalized spacial score (nSPS) is 16.0. The summed E-state index contributed by atoms with van der Waals surface area (Å²) in [5.74, 6) is 0.359. The first-order valence-corrected chi connectivity index (χ1v) is 6.19. The first kappa shape index (κ1) is 12.1. The van der Waals surface area contributed by atoms with Crippen LogP contribution in [-0.4, -0.2) is 6.54 Å². The molecule has 0 radical (unpaired) electrons. The quantitative estimate of drug-likeness (QED) is 0.866. The van der Waals surface area contributed by atoms with E-state index in [1.165, 1.54) is 31.7 Å². The third kappa shape index (κ3) is 3.28. The zero-order chi connectivity index (χ0) is 12.1. The van der Waals surface area contributed by atoms with Gasteiger partial charge in [0.25, 0.3) is 0 Å². The summed E-state index contributed by atoms with van der Waals surface area (Å²) in [7, 11) is 0. The Morgan fingerprint density at radius 2 is 2.12 bits per heavy atom. The third-order valence-corrected chi connectivity index (χ3v) is 3.39. The smallest absolute Gasteiger partial charge is 0.140 e. The monoisotopic (exact) mass is 232 g/mol. The summed E-state index contributed by atoms with van der Waals surface area (Å²) in [5, 5.41) is 12.1. The van der Waals surface area contributed by atoms with Gasteiger partial charge in [-0.05, 0) is 43.0 Å². The molecule has 0 spiro atoms. The van der Waals surface area contributed by atoms with Crippen LogP contribution in [0.4, 0.5) is 4.39 Å². The van der Waals surface area contributed by atoms with E-state index < -0.39 is 5.82 Å². The molecule has 1 aliphatic carbocycles. The molecule has 2 nitrogen and oxygen atoms in total. The predicted octanol–water partition coefficient (Wildman–Crippen LogP) is 2.98. The SMILES string of the molecule is N#Cc1cc(CNCC2CCCC2)ccc1F. The topological polar surface area (TPSA) is 35.8 Å². The van der Waals surface area contributed by atoms with Gasteiger partial charge in [0.2, 0.25) is 0 Å². The fourth-order valence-electron chi connectivity index (χ4n) is 2.40. The van der Waals surface area contributed by atoms with E-state index in [9.17, 15) is 4.39 Å². The second-order valence-corrected chi connectivity index (χ2v) is 4.71. The summed E-state index contributed by atoms with van der Waals surface area (Å²) in [4.78, 5) is 0. The number of hydrogen-bond donors (Lipinski definition) is 1. The van der Waals surface area contributed by atoms with Gasteiger partial charge >= 0.3 is 0 Å². The van der Waals surface area contributed by atoms with Crippen LogP contribution in [0.15, 0.2) is 18.2 Å². The fraction of sp³-hybridized carbons (Fsp3) is 0.500. The van der Waals surface area contributed by atoms with Crippen LogP contribution in [0.3, 0.4) is 0 Å². The Balaban J connectivity index is 1.84. The van der Waals surface area contributed by atoms with Crippen molar-refractivity contribution in [3.63, 3.8) is 0 Å². The lowest BCUT2D eigenvalue weighted by Gasteiger charge is -2.10. The summed E-state index contributed by atoms with van der Waals surface area (Å²) >= 11 is 0. The highest BCUT2D eigenvalue weighted by atomic mass is 19.1. The Morgan fingerprint density at radius 3 is 2.82 bits per heavy atom. The molecule has 0 atom stereocenters. The molecule has 0 saturated heterocycles. The molecule has 90 valence electrons. The maximum atomic E-state index is 13.1. The summed E-state index contributed by atoms with van der Waals surface area (Å²) in [6.45, 7) is 1.74. The van der Waals surface area contributed by atoms with Crippen LogP contribution in [0, 0.1) is 23.1 Å². The van der Waals surface area contributed by atoms with Gasteiger partial charge in [-0.1, -0.05) is 18.9 Å². The van der Waals surface area contributed by atoms with Crippen LogP contribution in [0.25, 0.3) is 0 Å². The standard InChI is InChI=1S/C14H17FN2/c15-14-6-5-12(7-13(14)8-16)10-17-9-11-3-1-2-4-11/h5-7,11,17H,1-4,9-10H2. The second-order valence-electron chi connectivity index (χ2n) is 4.71. The number of benzene rings is 1. The second kappa shape index (κ2) is 5.79. The van der Waals surface area contributed by atoms with Crippen molar-refractivity contribution in [3.8, 4) is 6.07 Å². The minimum Gasteiger partial charge on any atom is -0.312 e. The van der Waals surface area contributed by atoms with Crippen molar-refractivity contribution in [3.05, 3.63) is 35.1 Å². The van der Waals surface area contributed by atoms with E-state index in [0.717, 1.165) is 18.0 Å². The molecular formula is C14H17FN2. The first-order chi connectivity index (χ1) is 8.29. The Morgan fingerprint density at radius 1 is 1.35 bits per heavy atom. The van der Waals surface area contributed by atoms with Crippen LogP contribution in [0.5, 0.6) is 0 Å². The van der Waals surface area contributed by atoms with E-state index in [1.54, 1.807) is 12.1 Å². The van der Waals surface area contributed by atoms with Gasteiger partial charge in [0, 0.05) is 6.54 Å². The molecule has 1 saturated carbocycles. The number of nitrogens with one attached hydrogen (secondary N) is 1. The van der Waals surface area contributed by atoms with Gasteiger partial charge in [0.15, 0.2) is 0 Å². The fourth-order valence-corrected chi connectivity index (χ4v) is 2.40. The molecule has 17 heavy (non-hydrogen) atoms. The minimum atomic E-state index is -0.438.